The van der Waals surface area contributed by atoms with Crippen molar-refractivity contribution in [1.29, 1.82) is 0 Å². The van der Waals surface area contributed by atoms with E-state index < -0.39 is 0 Å². The summed E-state index contributed by atoms with van der Waals surface area (Å²) in [4.78, 5) is 1.39. The number of thioether (sulfide) groups is 1. The lowest BCUT2D eigenvalue weighted by atomic mass is 9.77. The van der Waals surface area contributed by atoms with E-state index in [-0.39, 0.29) is 0 Å². The van der Waals surface area contributed by atoms with Crippen LogP contribution in [0, 0.1) is 5.41 Å². The molecule has 1 aromatic rings. The molecule has 1 aromatic carbocycles. The molecule has 2 N–H and O–H groups in total. The molecule has 0 spiro atoms. The molecule has 0 bridgehead atoms. The van der Waals surface area contributed by atoms with Gasteiger partial charge in [0.1, 0.15) is 0 Å². The fourth-order valence-corrected chi connectivity index (χ4v) is 4.12. The first kappa shape index (κ1) is 13.0. The maximum atomic E-state index is 5.61. The van der Waals surface area contributed by atoms with Crippen molar-refractivity contribution in [2.24, 2.45) is 11.1 Å². The largest absolute Gasteiger partial charge is 0.326 e. The molecule has 1 atom stereocenters. The van der Waals surface area contributed by atoms with Crippen molar-refractivity contribution in [2.75, 3.05) is 0 Å². The van der Waals surface area contributed by atoms with Crippen molar-refractivity contribution >= 4 is 11.8 Å². The van der Waals surface area contributed by atoms with E-state index >= 15 is 0 Å². The molecule has 1 aliphatic carbocycles. The molecule has 1 saturated carbocycles. The van der Waals surface area contributed by atoms with Gasteiger partial charge in [-0.25, -0.2) is 0 Å². The number of benzene rings is 1. The molecule has 1 nitrogen and oxygen atoms in total. The SMILES string of the molecule is CC1(C)CCC[C@H](Sc2ccc(CN)cc2)C1. The van der Waals surface area contributed by atoms with Crippen LogP contribution in [0.25, 0.3) is 0 Å². The normalized spacial score (nSPS) is 23.6. The van der Waals surface area contributed by atoms with E-state index in [0.29, 0.717) is 12.0 Å². The summed E-state index contributed by atoms with van der Waals surface area (Å²) < 4.78 is 0. The Bertz CT molecular complexity index is 356. The second kappa shape index (κ2) is 5.45. The number of nitrogens with two attached hydrogens (primary N) is 1. The molecular weight excluding hydrogens is 226 g/mol. The molecule has 94 valence electrons. The third-order valence-corrected chi connectivity index (χ3v) is 4.90. The molecule has 2 rings (SSSR count). The van der Waals surface area contributed by atoms with Crippen molar-refractivity contribution in [2.45, 2.75) is 56.2 Å². The van der Waals surface area contributed by atoms with Crippen LogP contribution in [0.5, 0.6) is 0 Å². The monoisotopic (exact) mass is 249 g/mol. The van der Waals surface area contributed by atoms with Gasteiger partial charge in [-0.15, -0.1) is 11.8 Å². The maximum Gasteiger partial charge on any atom is 0.0178 e. The predicted molar refractivity (Wildman–Crippen MR) is 76.2 cm³/mol. The summed E-state index contributed by atoms with van der Waals surface area (Å²) in [6.45, 7) is 5.44. The Kier molecular flexibility index (Phi) is 4.16. The molecule has 0 saturated heterocycles. The minimum atomic E-state index is 0.535. The summed E-state index contributed by atoms with van der Waals surface area (Å²) in [5, 5.41) is 0.794. The molecular formula is C15H23NS. The molecule has 1 aliphatic rings. The van der Waals surface area contributed by atoms with Gasteiger partial charge in [0.15, 0.2) is 0 Å². The van der Waals surface area contributed by atoms with Crippen molar-refractivity contribution in [3.05, 3.63) is 29.8 Å². The van der Waals surface area contributed by atoms with Crippen LogP contribution in [0.4, 0.5) is 0 Å². The van der Waals surface area contributed by atoms with E-state index in [4.69, 9.17) is 5.73 Å². The smallest absolute Gasteiger partial charge is 0.0178 e. The van der Waals surface area contributed by atoms with Crippen molar-refractivity contribution in [3.8, 4) is 0 Å². The van der Waals surface area contributed by atoms with Gasteiger partial charge in [-0.2, -0.15) is 0 Å². The highest BCUT2D eigenvalue weighted by atomic mass is 32.2. The minimum Gasteiger partial charge on any atom is -0.326 e. The lowest BCUT2D eigenvalue weighted by Gasteiger charge is -2.34. The lowest BCUT2D eigenvalue weighted by molar-refractivity contribution is 0.251. The Morgan fingerprint density at radius 1 is 1.29 bits per heavy atom. The van der Waals surface area contributed by atoms with Gasteiger partial charge in [0.05, 0.1) is 0 Å². The molecule has 0 unspecified atom stereocenters. The van der Waals surface area contributed by atoms with Gasteiger partial charge in [0.25, 0.3) is 0 Å². The summed E-state index contributed by atoms with van der Waals surface area (Å²) >= 11 is 2.05. The molecule has 1 fully saturated rings. The second-order valence-corrected chi connectivity index (χ2v) is 7.22. The van der Waals surface area contributed by atoms with Gasteiger partial charge in [-0.05, 0) is 42.4 Å². The number of hydrogen-bond acceptors (Lipinski definition) is 2. The van der Waals surface area contributed by atoms with E-state index in [1.165, 1.54) is 36.1 Å². The van der Waals surface area contributed by atoms with Gasteiger partial charge in [-0.3, -0.25) is 0 Å². The van der Waals surface area contributed by atoms with Gasteiger partial charge < -0.3 is 5.73 Å². The summed E-state index contributed by atoms with van der Waals surface area (Å²) in [7, 11) is 0. The molecule has 0 aromatic heterocycles. The van der Waals surface area contributed by atoms with Crippen LogP contribution < -0.4 is 5.73 Å². The van der Waals surface area contributed by atoms with E-state index in [9.17, 15) is 0 Å². The van der Waals surface area contributed by atoms with Crippen LogP contribution in [-0.2, 0) is 6.54 Å². The zero-order valence-corrected chi connectivity index (χ0v) is 11.7. The molecule has 0 heterocycles. The first-order valence-corrected chi connectivity index (χ1v) is 7.43. The summed E-state index contributed by atoms with van der Waals surface area (Å²) in [5.74, 6) is 0. The fourth-order valence-electron chi connectivity index (χ4n) is 2.63. The van der Waals surface area contributed by atoms with Crippen LogP contribution in [-0.4, -0.2) is 5.25 Å². The third kappa shape index (κ3) is 3.75. The van der Waals surface area contributed by atoms with Crippen LogP contribution in [0.2, 0.25) is 0 Å². The van der Waals surface area contributed by atoms with Crippen LogP contribution in [0.15, 0.2) is 29.2 Å². The third-order valence-electron chi connectivity index (χ3n) is 3.62. The van der Waals surface area contributed by atoms with Gasteiger partial charge in [-0.1, -0.05) is 32.4 Å². The quantitative estimate of drug-likeness (QED) is 0.868. The van der Waals surface area contributed by atoms with E-state index in [0.717, 1.165) is 5.25 Å². The molecule has 2 heteroatoms. The van der Waals surface area contributed by atoms with Crippen molar-refractivity contribution in [1.82, 2.24) is 0 Å². The van der Waals surface area contributed by atoms with Crippen molar-refractivity contribution in [3.63, 3.8) is 0 Å². The Labute approximate surface area is 109 Å². The van der Waals surface area contributed by atoms with Crippen LogP contribution in [0.3, 0.4) is 0 Å². The summed E-state index contributed by atoms with van der Waals surface area (Å²) in [6.07, 6.45) is 5.48. The van der Waals surface area contributed by atoms with Crippen LogP contribution in [0.1, 0.15) is 45.1 Å². The zero-order valence-electron chi connectivity index (χ0n) is 10.9. The highest BCUT2D eigenvalue weighted by Gasteiger charge is 2.28. The predicted octanol–water partition coefficient (Wildman–Crippen LogP) is 4.21. The van der Waals surface area contributed by atoms with Crippen molar-refractivity contribution < 1.29 is 0 Å². The first-order chi connectivity index (χ1) is 8.09. The van der Waals surface area contributed by atoms with Gasteiger partial charge in [0, 0.05) is 16.7 Å². The second-order valence-electron chi connectivity index (χ2n) is 5.85. The van der Waals surface area contributed by atoms with E-state index in [1.807, 2.05) is 11.8 Å². The molecule has 0 radical (unpaired) electrons. The lowest BCUT2D eigenvalue weighted by Crippen LogP contribution is -2.24. The minimum absolute atomic E-state index is 0.535. The van der Waals surface area contributed by atoms with E-state index in [2.05, 4.69) is 38.1 Å². The van der Waals surface area contributed by atoms with Gasteiger partial charge >= 0.3 is 0 Å². The Morgan fingerprint density at radius 2 is 2.00 bits per heavy atom. The first-order valence-electron chi connectivity index (χ1n) is 6.55. The fraction of sp³-hybridized carbons (Fsp3) is 0.600. The highest BCUT2D eigenvalue weighted by molar-refractivity contribution is 8.00. The number of hydrogen-bond donors (Lipinski definition) is 1. The average Bonchev–Trinajstić information content (AvgIpc) is 2.29. The van der Waals surface area contributed by atoms with Crippen LogP contribution >= 0.6 is 11.8 Å². The zero-order chi connectivity index (χ0) is 12.3. The highest BCUT2D eigenvalue weighted by Crippen LogP contribution is 2.42. The Hall–Kier alpha value is -0.470. The maximum absolute atomic E-state index is 5.61. The topological polar surface area (TPSA) is 26.0 Å². The van der Waals surface area contributed by atoms with Gasteiger partial charge in [0.2, 0.25) is 0 Å². The number of rotatable bonds is 3. The molecule has 0 amide bonds. The Balaban J connectivity index is 1.95. The Morgan fingerprint density at radius 3 is 2.59 bits per heavy atom. The summed E-state index contributed by atoms with van der Waals surface area (Å²) in [6, 6.07) is 8.73. The van der Waals surface area contributed by atoms with E-state index in [1.54, 1.807) is 0 Å². The molecule has 17 heavy (non-hydrogen) atoms. The average molecular weight is 249 g/mol. The molecule has 0 aliphatic heterocycles. The summed E-state index contributed by atoms with van der Waals surface area (Å²) in [5.41, 5.74) is 7.37. The standard InChI is InChI=1S/C15H23NS/c1-15(2)9-3-4-14(10-15)17-13-7-5-12(11-16)6-8-13/h5-8,14H,3-4,9-11,16H2,1-2H3/t14-/m0/s1.